The number of nitrogens with two attached hydrogens (primary N) is 1. The molecule has 2 rings (SSSR count). The number of amides is 1. The second kappa shape index (κ2) is 5.27. The van der Waals surface area contributed by atoms with E-state index in [-0.39, 0.29) is 24.2 Å². The molecule has 0 saturated heterocycles. The molecule has 0 spiro atoms. The van der Waals surface area contributed by atoms with Gasteiger partial charge in [0, 0.05) is 12.6 Å². The molecule has 0 bridgehead atoms. The van der Waals surface area contributed by atoms with Crippen LogP contribution in [-0.2, 0) is 11.2 Å². The molecule has 1 aromatic carbocycles. The predicted octanol–water partition coefficient (Wildman–Crippen LogP) is 1.22. The first-order valence-corrected chi connectivity index (χ1v) is 5.92. The van der Waals surface area contributed by atoms with Crippen molar-refractivity contribution in [1.29, 1.82) is 0 Å². The van der Waals surface area contributed by atoms with Crippen LogP contribution in [0.4, 0.5) is 4.39 Å². The third-order valence-corrected chi connectivity index (χ3v) is 3.04. The van der Waals surface area contributed by atoms with Gasteiger partial charge in [0.1, 0.15) is 5.82 Å². The van der Waals surface area contributed by atoms with E-state index < -0.39 is 0 Å². The highest BCUT2D eigenvalue weighted by molar-refractivity contribution is 5.78. The first-order chi connectivity index (χ1) is 8.15. The van der Waals surface area contributed by atoms with Gasteiger partial charge in [-0.25, -0.2) is 4.39 Å². The van der Waals surface area contributed by atoms with E-state index in [2.05, 4.69) is 5.32 Å². The Balaban J connectivity index is 1.74. The summed E-state index contributed by atoms with van der Waals surface area (Å²) >= 11 is 0. The number of carbonyl (C=O) groups excluding carboxylic acids is 1. The Hall–Kier alpha value is -1.42. The molecule has 17 heavy (non-hydrogen) atoms. The zero-order chi connectivity index (χ0) is 12.3. The molecule has 0 aliphatic heterocycles. The Morgan fingerprint density at radius 1 is 1.41 bits per heavy atom. The minimum atomic E-state index is -0.287. The lowest BCUT2D eigenvalue weighted by Gasteiger charge is -2.11. The maximum atomic E-state index is 12.7. The summed E-state index contributed by atoms with van der Waals surface area (Å²) < 4.78 is 12.7. The molecule has 1 atom stereocenters. The average molecular weight is 236 g/mol. The van der Waals surface area contributed by atoms with Gasteiger partial charge in [-0.05, 0) is 36.5 Å². The molecule has 1 amide bonds. The van der Waals surface area contributed by atoms with Gasteiger partial charge in [0.05, 0.1) is 6.42 Å². The van der Waals surface area contributed by atoms with E-state index in [0.717, 1.165) is 5.56 Å². The van der Waals surface area contributed by atoms with E-state index in [1.54, 1.807) is 12.1 Å². The SMILES string of the molecule is NC(CNC(=O)Cc1ccc(F)cc1)C1CC1. The average Bonchev–Trinajstić information content (AvgIpc) is 3.13. The molecule has 0 radical (unpaired) electrons. The highest BCUT2D eigenvalue weighted by atomic mass is 19.1. The number of carbonyl (C=O) groups is 1. The fraction of sp³-hybridized carbons (Fsp3) is 0.462. The van der Waals surface area contributed by atoms with Gasteiger partial charge in [0.15, 0.2) is 0 Å². The second-order valence-corrected chi connectivity index (χ2v) is 4.61. The Kier molecular flexibility index (Phi) is 3.74. The van der Waals surface area contributed by atoms with Crippen molar-refractivity contribution in [3.63, 3.8) is 0 Å². The van der Waals surface area contributed by atoms with Crippen molar-refractivity contribution in [1.82, 2.24) is 5.32 Å². The lowest BCUT2D eigenvalue weighted by atomic mass is 10.1. The summed E-state index contributed by atoms with van der Waals surface area (Å²) in [5.41, 5.74) is 6.69. The van der Waals surface area contributed by atoms with Crippen molar-refractivity contribution >= 4 is 5.91 Å². The Morgan fingerprint density at radius 2 is 2.06 bits per heavy atom. The molecule has 1 aromatic rings. The number of rotatable bonds is 5. The molecule has 1 saturated carbocycles. The van der Waals surface area contributed by atoms with Crippen LogP contribution in [0.3, 0.4) is 0 Å². The number of benzene rings is 1. The summed E-state index contributed by atoms with van der Waals surface area (Å²) in [4.78, 5) is 11.6. The molecule has 0 aromatic heterocycles. The summed E-state index contributed by atoms with van der Waals surface area (Å²) in [6.45, 7) is 0.532. The molecule has 0 heterocycles. The van der Waals surface area contributed by atoms with E-state index in [1.165, 1.54) is 25.0 Å². The summed E-state index contributed by atoms with van der Waals surface area (Å²) in [5.74, 6) is 0.235. The zero-order valence-electron chi connectivity index (χ0n) is 9.66. The highest BCUT2D eigenvalue weighted by Gasteiger charge is 2.28. The van der Waals surface area contributed by atoms with Gasteiger partial charge in [-0.1, -0.05) is 12.1 Å². The molecule has 1 fully saturated rings. The monoisotopic (exact) mass is 236 g/mol. The van der Waals surface area contributed by atoms with E-state index in [9.17, 15) is 9.18 Å². The standard InChI is InChI=1S/C13H17FN2O/c14-11-5-1-9(2-6-11)7-13(17)16-8-12(15)10-3-4-10/h1-2,5-6,10,12H,3-4,7-8,15H2,(H,16,17). The van der Waals surface area contributed by atoms with Crippen LogP contribution in [0.15, 0.2) is 24.3 Å². The lowest BCUT2D eigenvalue weighted by Crippen LogP contribution is -2.39. The minimum absolute atomic E-state index is 0.0623. The van der Waals surface area contributed by atoms with E-state index in [0.29, 0.717) is 12.5 Å². The maximum absolute atomic E-state index is 12.7. The molecule has 1 aliphatic rings. The number of nitrogens with one attached hydrogen (secondary N) is 1. The minimum Gasteiger partial charge on any atom is -0.354 e. The van der Waals surface area contributed by atoms with Crippen molar-refractivity contribution in [3.05, 3.63) is 35.6 Å². The van der Waals surface area contributed by atoms with Gasteiger partial charge in [0.25, 0.3) is 0 Å². The van der Waals surface area contributed by atoms with Gasteiger partial charge in [-0.3, -0.25) is 4.79 Å². The van der Waals surface area contributed by atoms with E-state index >= 15 is 0 Å². The maximum Gasteiger partial charge on any atom is 0.224 e. The molecule has 3 N–H and O–H groups in total. The fourth-order valence-electron chi connectivity index (χ4n) is 1.77. The second-order valence-electron chi connectivity index (χ2n) is 4.61. The van der Waals surface area contributed by atoms with Crippen LogP contribution >= 0.6 is 0 Å². The third kappa shape index (κ3) is 3.82. The van der Waals surface area contributed by atoms with Crippen LogP contribution in [-0.4, -0.2) is 18.5 Å². The molecular weight excluding hydrogens is 219 g/mol. The van der Waals surface area contributed by atoms with Crippen molar-refractivity contribution in [3.8, 4) is 0 Å². The van der Waals surface area contributed by atoms with Crippen LogP contribution in [0.1, 0.15) is 18.4 Å². The Bertz CT molecular complexity index is 387. The number of halogens is 1. The van der Waals surface area contributed by atoms with Crippen molar-refractivity contribution < 1.29 is 9.18 Å². The van der Waals surface area contributed by atoms with E-state index in [4.69, 9.17) is 5.73 Å². The normalized spacial score (nSPS) is 16.6. The fourth-order valence-corrected chi connectivity index (χ4v) is 1.77. The van der Waals surface area contributed by atoms with Gasteiger partial charge >= 0.3 is 0 Å². The molecular formula is C13H17FN2O. The topological polar surface area (TPSA) is 55.1 Å². The molecule has 4 heteroatoms. The van der Waals surface area contributed by atoms with Crippen molar-refractivity contribution in [2.45, 2.75) is 25.3 Å². The summed E-state index contributed by atoms with van der Waals surface area (Å²) in [6, 6.07) is 6.04. The Morgan fingerprint density at radius 3 is 2.65 bits per heavy atom. The summed E-state index contributed by atoms with van der Waals surface area (Å²) in [7, 11) is 0. The first-order valence-electron chi connectivity index (χ1n) is 5.92. The van der Waals surface area contributed by atoms with Crippen LogP contribution in [0.2, 0.25) is 0 Å². The largest absolute Gasteiger partial charge is 0.354 e. The molecule has 1 unspecified atom stereocenters. The Labute approximate surface area is 100 Å². The van der Waals surface area contributed by atoms with Crippen molar-refractivity contribution in [2.24, 2.45) is 11.7 Å². The van der Waals surface area contributed by atoms with Crippen LogP contribution in [0, 0.1) is 11.7 Å². The zero-order valence-corrected chi connectivity index (χ0v) is 9.66. The molecule has 3 nitrogen and oxygen atoms in total. The third-order valence-electron chi connectivity index (χ3n) is 3.04. The van der Waals surface area contributed by atoms with Gasteiger partial charge in [-0.2, -0.15) is 0 Å². The molecule has 1 aliphatic carbocycles. The summed E-state index contributed by atoms with van der Waals surface area (Å²) in [6.07, 6.45) is 2.63. The first kappa shape index (κ1) is 12.0. The van der Waals surface area contributed by atoms with E-state index in [1.807, 2.05) is 0 Å². The summed E-state index contributed by atoms with van der Waals surface area (Å²) in [5, 5.41) is 2.81. The predicted molar refractivity (Wildman–Crippen MR) is 63.8 cm³/mol. The lowest BCUT2D eigenvalue weighted by molar-refractivity contribution is -0.120. The highest BCUT2D eigenvalue weighted by Crippen LogP contribution is 2.31. The van der Waals surface area contributed by atoms with Crippen LogP contribution in [0.25, 0.3) is 0 Å². The quantitative estimate of drug-likeness (QED) is 0.807. The van der Waals surface area contributed by atoms with Crippen molar-refractivity contribution in [2.75, 3.05) is 6.54 Å². The van der Waals surface area contributed by atoms with Gasteiger partial charge < -0.3 is 11.1 Å². The van der Waals surface area contributed by atoms with Gasteiger partial charge in [0.2, 0.25) is 5.91 Å². The van der Waals surface area contributed by atoms with Crippen LogP contribution < -0.4 is 11.1 Å². The van der Waals surface area contributed by atoms with Gasteiger partial charge in [-0.15, -0.1) is 0 Å². The number of hydrogen-bond acceptors (Lipinski definition) is 2. The molecule has 92 valence electrons. The van der Waals surface area contributed by atoms with Crippen LogP contribution in [0.5, 0.6) is 0 Å². The smallest absolute Gasteiger partial charge is 0.224 e. The number of hydrogen-bond donors (Lipinski definition) is 2.